The van der Waals surface area contributed by atoms with Gasteiger partial charge in [-0.05, 0) is 36.8 Å². The van der Waals surface area contributed by atoms with Crippen LogP contribution in [0.15, 0.2) is 30.3 Å². The predicted octanol–water partition coefficient (Wildman–Crippen LogP) is 4.29. The highest BCUT2D eigenvalue weighted by Gasteiger charge is 2.07. The van der Waals surface area contributed by atoms with Crippen LogP contribution in [0.5, 0.6) is 0 Å². The number of anilines is 1. The van der Waals surface area contributed by atoms with Crippen LogP contribution in [-0.4, -0.2) is 10.9 Å². The summed E-state index contributed by atoms with van der Waals surface area (Å²) in [5, 5.41) is 3.38. The zero-order chi connectivity index (χ0) is 13.4. The summed E-state index contributed by atoms with van der Waals surface area (Å²) in [6, 6.07) is 10.5. The smallest absolute Gasteiger partial charge is 0.223 e. The molecule has 1 N–H and O–H groups in total. The van der Waals surface area contributed by atoms with Crippen molar-refractivity contribution in [2.75, 3.05) is 5.32 Å². The van der Waals surface area contributed by atoms with Crippen LogP contribution in [0.25, 0.3) is 20.7 Å². The molecule has 96 valence electrons. The van der Waals surface area contributed by atoms with Gasteiger partial charge in [0.05, 0.1) is 10.2 Å². The zero-order valence-electron chi connectivity index (χ0n) is 10.6. The number of aromatic nitrogens is 1. The summed E-state index contributed by atoms with van der Waals surface area (Å²) >= 11 is 3.28. The molecule has 1 amide bonds. The Kier molecular flexibility index (Phi) is 3.08. The highest BCUT2D eigenvalue weighted by atomic mass is 32.1. The Bertz CT molecular complexity index is 758. The van der Waals surface area contributed by atoms with Crippen LogP contribution < -0.4 is 5.32 Å². The average molecular weight is 288 g/mol. The summed E-state index contributed by atoms with van der Waals surface area (Å²) in [5.74, 6) is -0.0897. The van der Waals surface area contributed by atoms with Gasteiger partial charge in [-0.2, -0.15) is 0 Å². The van der Waals surface area contributed by atoms with Crippen LogP contribution in [0, 0.1) is 6.92 Å². The van der Waals surface area contributed by atoms with Gasteiger partial charge in [-0.15, -0.1) is 11.3 Å². The molecule has 0 saturated heterocycles. The van der Waals surface area contributed by atoms with E-state index < -0.39 is 0 Å². The second kappa shape index (κ2) is 4.75. The third kappa shape index (κ3) is 2.52. The van der Waals surface area contributed by atoms with Crippen LogP contribution in [0.3, 0.4) is 0 Å². The lowest BCUT2D eigenvalue weighted by atomic mass is 10.2. The minimum Gasteiger partial charge on any atom is -0.302 e. The zero-order valence-corrected chi connectivity index (χ0v) is 12.2. The van der Waals surface area contributed by atoms with Gasteiger partial charge in [0.2, 0.25) is 5.91 Å². The Balaban J connectivity index is 2.03. The van der Waals surface area contributed by atoms with Gasteiger partial charge in [-0.25, -0.2) is 4.98 Å². The number of fused-ring (bicyclic) bond motifs is 1. The van der Waals surface area contributed by atoms with Gasteiger partial charge in [0.25, 0.3) is 0 Å². The molecule has 0 bridgehead atoms. The number of aryl methyl sites for hydroxylation is 1. The van der Waals surface area contributed by atoms with E-state index in [9.17, 15) is 4.79 Å². The largest absolute Gasteiger partial charge is 0.302 e. The Morgan fingerprint density at radius 3 is 2.74 bits per heavy atom. The predicted molar refractivity (Wildman–Crippen MR) is 82.0 cm³/mol. The number of carbonyl (C=O) groups excluding carboxylic acids is 1. The molecule has 2 heterocycles. The highest BCUT2D eigenvalue weighted by Crippen LogP contribution is 2.33. The van der Waals surface area contributed by atoms with Gasteiger partial charge >= 0.3 is 0 Å². The van der Waals surface area contributed by atoms with Crippen molar-refractivity contribution in [3.05, 3.63) is 35.2 Å². The highest BCUT2D eigenvalue weighted by molar-refractivity contribution is 7.22. The number of hydrogen-bond acceptors (Lipinski definition) is 4. The van der Waals surface area contributed by atoms with Crippen molar-refractivity contribution < 1.29 is 4.79 Å². The van der Waals surface area contributed by atoms with Gasteiger partial charge in [0.15, 0.2) is 5.13 Å². The van der Waals surface area contributed by atoms with Gasteiger partial charge in [0, 0.05) is 16.7 Å². The molecule has 0 aliphatic rings. The van der Waals surface area contributed by atoms with E-state index in [0.29, 0.717) is 5.13 Å². The number of nitrogens with zero attached hydrogens (tertiary/aromatic N) is 1. The number of carbonyl (C=O) groups is 1. The van der Waals surface area contributed by atoms with E-state index in [4.69, 9.17) is 0 Å². The number of amides is 1. The van der Waals surface area contributed by atoms with E-state index >= 15 is 0 Å². The van der Waals surface area contributed by atoms with E-state index in [1.54, 1.807) is 11.3 Å². The molecule has 3 rings (SSSR count). The van der Waals surface area contributed by atoms with Crippen molar-refractivity contribution in [1.29, 1.82) is 0 Å². The standard InChI is InChI=1S/C14H12N2OS2/c1-8-3-6-12(18-8)10-4-5-11-13(7-10)19-14(16-11)15-9(2)17/h3-7H,1-2H3,(H,15,16,17). The topological polar surface area (TPSA) is 42.0 Å². The fourth-order valence-corrected chi connectivity index (χ4v) is 3.69. The summed E-state index contributed by atoms with van der Waals surface area (Å²) in [5.41, 5.74) is 2.12. The first-order chi connectivity index (χ1) is 9.11. The van der Waals surface area contributed by atoms with Crippen LogP contribution in [0.1, 0.15) is 11.8 Å². The summed E-state index contributed by atoms with van der Waals surface area (Å²) in [6.07, 6.45) is 0. The summed E-state index contributed by atoms with van der Waals surface area (Å²) in [4.78, 5) is 18.0. The molecule has 1 aromatic carbocycles. The Labute approximate surface area is 118 Å². The molecule has 19 heavy (non-hydrogen) atoms. The lowest BCUT2D eigenvalue weighted by Gasteiger charge is -1.96. The lowest BCUT2D eigenvalue weighted by Crippen LogP contribution is -2.04. The molecule has 0 unspecified atom stereocenters. The quantitative estimate of drug-likeness (QED) is 0.764. The summed E-state index contributed by atoms with van der Waals surface area (Å²) in [7, 11) is 0. The maximum absolute atomic E-state index is 11.0. The molecule has 3 nitrogen and oxygen atoms in total. The van der Waals surface area contributed by atoms with Gasteiger partial charge in [-0.1, -0.05) is 17.4 Å². The van der Waals surface area contributed by atoms with E-state index in [1.807, 2.05) is 6.07 Å². The first-order valence-corrected chi connectivity index (χ1v) is 7.50. The normalized spacial score (nSPS) is 10.8. The van der Waals surface area contributed by atoms with Crippen LogP contribution in [-0.2, 0) is 4.79 Å². The van der Waals surface area contributed by atoms with Gasteiger partial charge < -0.3 is 5.32 Å². The molecule has 0 atom stereocenters. The molecule has 0 spiro atoms. The minimum absolute atomic E-state index is 0.0897. The van der Waals surface area contributed by atoms with E-state index in [0.717, 1.165) is 10.2 Å². The average Bonchev–Trinajstić information content (AvgIpc) is 2.92. The fraction of sp³-hybridized carbons (Fsp3) is 0.143. The number of nitrogens with one attached hydrogen (secondary N) is 1. The van der Waals surface area contributed by atoms with Gasteiger partial charge in [0.1, 0.15) is 0 Å². The van der Waals surface area contributed by atoms with Crippen molar-refractivity contribution >= 4 is 43.9 Å². The van der Waals surface area contributed by atoms with Crippen molar-refractivity contribution in [3.8, 4) is 10.4 Å². The van der Waals surface area contributed by atoms with Crippen LogP contribution in [0.4, 0.5) is 5.13 Å². The number of thiazole rings is 1. The Hall–Kier alpha value is -1.72. The minimum atomic E-state index is -0.0897. The fourth-order valence-electron chi connectivity index (χ4n) is 1.87. The molecule has 0 aliphatic heterocycles. The third-order valence-electron chi connectivity index (χ3n) is 2.70. The second-order valence-corrected chi connectivity index (χ2v) is 6.61. The molecular weight excluding hydrogens is 276 g/mol. The summed E-state index contributed by atoms with van der Waals surface area (Å²) < 4.78 is 1.09. The molecular formula is C14H12N2OS2. The van der Waals surface area contributed by atoms with E-state index in [1.165, 1.54) is 33.6 Å². The number of thiophene rings is 1. The molecule has 0 radical (unpaired) electrons. The monoisotopic (exact) mass is 288 g/mol. The van der Waals surface area contributed by atoms with Crippen molar-refractivity contribution in [3.63, 3.8) is 0 Å². The maximum atomic E-state index is 11.0. The molecule has 2 aromatic heterocycles. The molecule has 5 heteroatoms. The van der Waals surface area contributed by atoms with Gasteiger partial charge in [-0.3, -0.25) is 4.79 Å². The number of benzene rings is 1. The molecule has 3 aromatic rings. The maximum Gasteiger partial charge on any atom is 0.223 e. The lowest BCUT2D eigenvalue weighted by molar-refractivity contribution is -0.114. The Morgan fingerprint density at radius 2 is 2.05 bits per heavy atom. The SMILES string of the molecule is CC(=O)Nc1nc2ccc(-c3ccc(C)s3)cc2s1. The van der Waals surface area contributed by atoms with Crippen molar-refractivity contribution in [2.45, 2.75) is 13.8 Å². The molecule has 0 saturated carbocycles. The number of rotatable bonds is 2. The first-order valence-electron chi connectivity index (χ1n) is 5.87. The second-order valence-electron chi connectivity index (χ2n) is 4.29. The van der Waals surface area contributed by atoms with Crippen molar-refractivity contribution in [1.82, 2.24) is 4.98 Å². The van der Waals surface area contributed by atoms with Crippen LogP contribution in [0.2, 0.25) is 0 Å². The van der Waals surface area contributed by atoms with Crippen molar-refractivity contribution in [2.24, 2.45) is 0 Å². The third-order valence-corrected chi connectivity index (χ3v) is 4.68. The number of hydrogen-bond donors (Lipinski definition) is 1. The molecule has 0 aliphatic carbocycles. The molecule has 0 fully saturated rings. The Morgan fingerprint density at radius 1 is 1.21 bits per heavy atom. The first kappa shape index (κ1) is 12.3. The van der Waals surface area contributed by atoms with Crippen LogP contribution >= 0.6 is 22.7 Å². The van der Waals surface area contributed by atoms with E-state index in [2.05, 4.69) is 41.5 Å². The van der Waals surface area contributed by atoms with E-state index in [-0.39, 0.29) is 5.91 Å². The summed E-state index contributed by atoms with van der Waals surface area (Å²) in [6.45, 7) is 3.60.